The molecule has 2 N–H and O–H groups in total. The summed E-state index contributed by atoms with van der Waals surface area (Å²) in [6.45, 7) is 0. The lowest BCUT2D eigenvalue weighted by molar-refractivity contribution is 0.0593. The van der Waals surface area contributed by atoms with Crippen LogP contribution in [0.25, 0.3) is 5.69 Å². The van der Waals surface area contributed by atoms with Crippen molar-refractivity contribution < 1.29 is 18.3 Å². The number of esters is 1. The number of carbonyl (C=O) groups is 1. The molecule has 0 saturated carbocycles. The van der Waals surface area contributed by atoms with Crippen LogP contribution in [-0.2, 0) is 4.74 Å². The molecule has 0 fully saturated rings. The maximum Gasteiger partial charge on any atom is 0.357 e. The molecule has 0 unspecified atom stereocenters. The van der Waals surface area contributed by atoms with E-state index in [0.717, 1.165) is 30.0 Å². The first-order valence-electron chi connectivity index (χ1n) is 5.54. The number of nitrogen functional groups attached to an aromatic ring is 1. The molecule has 0 aliphatic heterocycles. The third kappa shape index (κ3) is 2.48. The topological polar surface area (TPSA) is 81.0 Å². The maximum atomic E-state index is 14.0. The van der Waals surface area contributed by atoms with E-state index < -0.39 is 17.6 Å². The number of benzene rings is 1. The first kappa shape index (κ1) is 15.0. The number of anilines is 1. The summed E-state index contributed by atoms with van der Waals surface area (Å²) in [4.78, 5) is 11.8. The fourth-order valence-corrected chi connectivity index (χ4v) is 2.12. The van der Waals surface area contributed by atoms with Crippen molar-refractivity contribution in [2.24, 2.45) is 0 Å². The fraction of sp³-hybridized carbons (Fsp3) is 0.0769. The molecule has 0 spiro atoms. The number of halogens is 3. The van der Waals surface area contributed by atoms with E-state index in [1.54, 1.807) is 6.07 Å². The van der Waals surface area contributed by atoms with Crippen molar-refractivity contribution in [1.29, 1.82) is 5.26 Å². The van der Waals surface area contributed by atoms with Crippen molar-refractivity contribution in [2.45, 2.75) is 0 Å². The van der Waals surface area contributed by atoms with Crippen LogP contribution in [0.15, 0.2) is 22.8 Å². The van der Waals surface area contributed by atoms with Crippen molar-refractivity contribution >= 4 is 27.6 Å². The molecule has 0 aliphatic rings. The summed E-state index contributed by atoms with van der Waals surface area (Å²) in [5, 5.41) is 8.95. The number of methoxy groups -OCH3 is 1. The Balaban J connectivity index is 2.78. The van der Waals surface area contributed by atoms with Crippen molar-refractivity contribution in [3.8, 4) is 11.8 Å². The molecule has 21 heavy (non-hydrogen) atoms. The molecule has 0 radical (unpaired) electrons. The molecule has 0 aliphatic carbocycles. The Morgan fingerprint density at radius 3 is 2.67 bits per heavy atom. The van der Waals surface area contributed by atoms with Gasteiger partial charge in [-0.3, -0.25) is 0 Å². The van der Waals surface area contributed by atoms with Crippen LogP contribution in [0.1, 0.15) is 16.1 Å². The van der Waals surface area contributed by atoms with Crippen LogP contribution in [0, 0.1) is 23.0 Å². The molecular weight excluding hydrogens is 348 g/mol. The van der Waals surface area contributed by atoms with E-state index in [4.69, 9.17) is 11.0 Å². The smallest absolute Gasteiger partial charge is 0.357 e. The first-order chi connectivity index (χ1) is 9.90. The number of nitrogens with zero attached hydrogens (tertiary/aromatic N) is 2. The maximum absolute atomic E-state index is 14.0. The third-order valence-corrected chi connectivity index (χ3v) is 3.40. The van der Waals surface area contributed by atoms with Crippen LogP contribution in [0.5, 0.6) is 0 Å². The van der Waals surface area contributed by atoms with Crippen LogP contribution < -0.4 is 5.73 Å². The standard InChI is InChI=1S/C13H8BrF2N3O2/c1-21-13(20)12-11(18)6(4-17)5-19(12)10-3-8(15)7(14)2-9(10)16/h2-3,5H,18H2,1H3. The van der Waals surface area contributed by atoms with Gasteiger partial charge in [-0.1, -0.05) is 0 Å². The Morgan fingerprint density at radius 1 is 1.43 bits per heavy atom. The number of aromatic nitrogens is 1. The summed E-state index contributed by atoms with van der Waals surface area (Å²) in [5.74, 6) is -2.39. The summed E-state index contributed by atoms with van der Waals surface area (Å²) in [5.41, 5.74) is 4.97. The number of ether oxygens (including phenoxy) is 1. The average molecular weight is 356 g/mol. The van der Waals surface area contributed by atoms with Gasteiger partial charge >= 0.3 is 5.97 Å². The lowest BCUT2D eigenvalue weighted by Crippen LogP contribution is -2.12. The quantitative estimate of drug-likeness (QED) is 0.663. The van der Waals surface area contributed by atoms with E-state index in [9.17, 15) is 13.6 Å². The van der Waals surface area contributed by atoms with Gasteiger partial charge in [0.05, 0.1) is 28.5 Å². The fourth-order valence-electron chi connectivity index (χ4n) is 1.80. The largest absolute Gasteiger partial charge is 0.464 e. The average Bonchev–Trinajstić information content (AvgIpc) is 2.78. The van der Waals surface area contributed by atoms with Crippen molar-refractivity contribution in [3.63, 3.8) is 0 Å². The Hall–Kier alpha value is -2.40. The molecule has 108 valence electrons. The summed E-state index contributed by atoms with van der Waals surface area (Å²) in [6, 6.07) is 3.56. The van der Waals surface area contributed by atoms with Crippen molar-refractivity contribution in [2.75, 3.05) is 12.8 Å². The minimum atomic E-state index is -0.864. The first-order valence-corrected chi connectivity index (χ1v) is 6.34. The molecule has 1 aromatic carbocycles. The van der Waals surface area contributed by atoms with Gasteiger partial charge in [-0.25, -0.2) is 13.6 Å². The Kier molecular flexibility index (Phi) is 3.95. The van der Waals surface area contributed by atoms with E-state index in [0.29, 0.717) is 0 Å². The molecule has 2 rings (SSSR count). The van der Waals surface area contributed by atoms with Gasteiger partial charge in [0, 0.05) is 12.3 Å². The molecule has 1 aromatic heterocycles. The molecule has 0 amide bonds. The highest BCUT2D eigenvalue weighted by atomic mass is 79.9. The zero-order valence-electron chi connectivity index (χ0n) is 10.7. The molecular formula is C13H8BrF2N3O2. The predicted octanol–water partition coefficient (Wildman–Crippen LogP) is 2.76. The van der Waals surface area contributed by atoms with Gasteiger partial charge in [-0.05, 0) is 22.0 Å². The zero-order valence-corrected chi connectivity index (χ0v) is 12.2. The van der Waals surface area contributed by atoms with Gasteiger partial charge in [0.15, 0.2) is 5.69 Å². The van der Waals surface area contributed by atoms with Crippen LogP contribution in [0.4, 0.5) is 14.5 Å². The Bertz CT molecular complexity index is 781. The van der Waals surface area contributed by atoms with E-state index in [1.807, 2.05) is 0 Å². The SMILES string of the molecule is COC(=O)c1c(N)c(C#N)cn1-c1cc(F)c(Br)cc1F. The third-order valence-electron chi connectivity index (χ3n) is 2.79. The lowest BCUT2D eigenvalue weighted by Gasteiger charge is -2.10. The van der Waals surface area contributed by atoms with Crippen LogP contribution in [0.3, 0.4) is 0 Å². The van der Waals surface area contributed by atoms with Gasteiger partial charge in [0.2, 0.25) is 0 Å². The molecule has 0 saturated heterocycles. The summed E-state index contributed by atoms with van der Waals surface area (Å²) >= 11 is 2.85. The molecule has 8 heteroatoms. The highest BCUT2D eigenvalue weighted by Gasteiger charge is 2.23. The lowest BCUT2D eigenvalue weighted by atomic mass is 10.2. The van der Waals surface area contributed by atoms with E-state index in [1.165, 1.54) is 0 Å². The predicted molar refractivity (Wildman–Crippen MR) is 73.9 cm³/mol. The number of hydrogen-bond donors (Lipinski definition) is 1. The van der Waals surface area contributed by atoms with Crippen LogP contribution >= 0.6 is 15.9 Å². The van der Waals surface area contributed by atoms with Crippen LogP contribution in [0.2, 0.25) is 0 Å². The number of hydrogen-bond acceptors (Lipinski definition) is 4. The van der Waals surface area contributed by atoms with Gasteiger partial charge in [-0.15, -0.1) is 0 Å². The highest BCUT2D eigenvalue weighted by molar-refractivity contribution is 9.10. The number of rotatable bonds is 2. The summed E-state index contributed by atoms with van der Waals surface area (Å²) in [7, 11) is 1.11. The van der Waals surface area contributed by atoms with Gasteiger partial charge in [-0.2, -0.15) is 5.26 Å². The second-order valence-electron chi connectivity index (χ2n) is 4.00. The Morgan fingerprint density at radius 2 is 2.10 bits per heavy atom. The monoisotopic (exact) mass is 355 g/mol. The second kappa shape index (κ2) is 5.54. The van der Waals surface area contributed by atoms with Crippen LogP contribution in [-0.4, -0.2) is 17.6 Å². The van der Waals surface area contributed by atoms with Crippen molar-refractivity contribution in [3.05, 3.63) is 45.7 Å². The number of nitriles is 1. The van der Waals surface area contributed by atoms with E-state index in [2.05, 4.69) is 20.7 Å². The molecule has 2 aromatic rings. The molecule has 0 bridgehead atoms. The molecule has 5 nitrogen and oxygen atoms in total. The van der Waals surface area contributed by atoms with Crippen molar-refractivity contribution in [1.82, 2.24) is 4.57 Å². The zero-order chi connectivity index (χ0) is 15.7. The minimum absolute atomic E-state index is 0.0434. The summed E-state index contributed by atoms with van der Waals surface area (Å²) in [6.07, 6.45) is 1.15. The van der Waals surface area contributed by atoms with E-state index >= 15 is 0 Å². The number of nitrogens with two attached hydrogens (primary N) is 1. The van der Waals surface area contributed by atoms with Gasteiger partial charge in [0.25, 0.3) is 0 Å². The van der Waals surface area contributed by atoms with E-state index in [-0.39, 0.29) is 27.1 Å². The summed E-state index contributed by atoms with van der Waals surface area (Å²) < 4.78 is 33.1. The van der Waals surface area contributed by atoms with Gasteiger partial charge < -0.3 is 15.0 Å². The number of carbonyl (C=O) groups excluding carboxylic acids is 1. The molecule has 1 heterocycles. The highest BCUT2D eigenvalue weighted by Crippen LogP contribution is 2.28. The second-order valence-corrected chi connectivity index (χ2v) is 4.85. The molecule has 0 atom stereocenters. The van der Waals surface area contributed by atoms with Gasteiger partial charge in [0.1, 0.15) is 17.7 Å². The minimum Gasteiger partial charge on any atom is -0.464 e. The normalized spacial score (nSPS) is 10.2. The Labute approximate surface area is 126 Å².